The SMILES string of the molecule is C#CCCNS(=O)(=O)c1c[nH]c(C(=O)O)c1. The van der Waals surface area contributed by atoms with Crippen molar-refractivity contribution in [1.82, 2.24) is 9.71 Å². The van der Waals surface area contributed by atoms with E-state index >= 15 is 0 Å². The molecule has 1 rings (SSSR count). The molecule has 0 saturated carbocycles. The molecule has 0 aromatic carbocycles. The van der Waals surface area contributed by atoms with E-state index in [0.717, 1.165) is 12.3 Å². The van der Waals surface area contributed by atoms with Crippen molar-refractivity contribution in [3.63, 3.8) is 0 Å². The molecule has 0 amide bonds. The summed E-state index contributed by atoms with van der Waals surface area (Å²) >= 11 is 0. The van der Waals surface area contributed by atoms with Crippen molar-refractivity contribution in [2.75, 3.05) is 6.54 Å². The summed E-state index contributed by atoms with van der Waals surface area (Å²) in [5.74, 6) is 1.07. The summed E-state index contributed by atoms with van der Waals surface area (Å²) in [4.78, 5) is 12.7. The van der Waals surface area contributed by atoms with E-state index in [2.05, 4.69) is 15.6 Å². The Hall–Kier alpha value is -1.78. The lowest BCUT2D eigenvalue weighted by molar-refractivity contribution is 0.0691. The van der Waals surface area contributed by atoms with Crippen molar-refractivity contribution in [2.24, 2.45) is 0 Å². The molecule has 7 heteroatoms. The molecule has 6 nitrogen and oxygen atoms in total. The summed E-state index contributed by atoms with van der Waals surface area (Å²) in [7, 11) is -3.69. The van der Waals surface area contributed by atoms with Gasteiger partial charge in [0.05, 0.1) is 0 Å². The fraction of sp³-hybridized carbons (Fsp3) is 0.222. The number of carboxylic acids is 1. The Bertz CT molecular complexity index is 524. The van der Waals surface area contributed by atoms with Gasteiger partial charge in [0.2, 0.25) is 10.0 Å². The van der Waals surface area contributed by atoms with Crippen LogP contribution < -0.4 is 4.72 Å². The molecule has 16 heavy (non-hydrogen) atoms. The predicted molar refractivity (Wildman–Crippen MR) is 56.4 cm³/mol. The molecular formula is C9H10N2O4S. The van der Waals surface area contributed by atoms with Crippen molar-refractivity contribution < 1.29 is 18.3 Å². The van der Waals surface area contributed by atoms with Crippen LogP contribution in [-0.4, -0.2) is 31.0 Å². The topological polar surface area (TPSA) is 99.3 Å². The smallest absolute Gasteiger partial charge is 0.352 e. The first kappa shape index (κ1) is 12.3. The number of hydrogen-bond donors (Lipinski definition) is 3. The zero-order valence-electron chi connectivity index (χ0n) is 8.23. The van der Waals surface area contributed by atoms with Gasteiger partial charge in [0.1, 0.15) is 10.6 Å². The van der Waals surface area contributed by atoms with E-state index in [9.17, 15) is 13.2 Å². The Balaban J connectivity index is 2.83. The zero-order chi connectivity index (χ0) is 12.2. The molecule has 0 aliphatic heterocycles. The molecular weight excluding hydrogens is 232 g/mol. The third kappa shape index (κ3) is 2.85. The molecule has 0 atom stereocenters. The Morgan fingerprint density at radius 1 is 1.62 bits per heavy atom. The molecule has 0 fully saturated rings. The number of aromatic amines is 1. The number of aromatic carboxylic acids is 1. The molecule has 86 valence electrons. The summed E-state index contributed by atoms with van der Waals surface area (Å²) in [5, 5.41) is 8.60. The van der Waals surface area contributed by atoms with E-state index in [1.54, 1.807) is 0 Å². The van der Waals surface area contributed by atoms with E-state index in [0.29, 0.717) is 0 Å². The first-order chi connectivity index (χ1) is 7.47. The third-order valence-electron chi connectivity index (χ3n) is 1.76. The van der Waals surface area contributed by atoms with Crippen LogP contribution in [0.2, 0.25) is 0 Å². The molecule has 3 N–H and O–H groups in total. The molecule has 0 saturated heterocycles. The number of carboxylic acid groups (broad SMARTS) is 1. The average molecular weight is 242 g/mol. The van der Waals surface area contributed by atoms with Crippen LogP contribution in [0.25, 0.3) is 0 Å². The number of nitrogens with one attached hydrogen (secondary N) is 2. The van der Waals surface area contributed by atoms with Crippen molar-refractivity contribution in [3.05, 3.63) is 18.0 Å². The summed E-state index contributed by atoms with van der Waals surface area (Å²) in [6.07, 6.45) is 6.36. The number of H-pyrrole nitrogens is 1. The van der Waals surface area contributed by atoms with Crippen LogP contribution in [0.5, 0.6) is 0 Å². The van der Waals surface area contributed by atoms with Crippen LogP contribution in [0, 0.1) is 12.3 Å². The van der Waals surface area contributed by atoms with Gasteiger partial charge in [-0.15, -0.1) is 12.3 Å². The Kier molecular flexibility index (Phi) is 3.71. The Morgan fingerprint density at radius 2 is 2.31 bits per heavy atom. The second kappa shape index (κ2) is 4.83. The highest BCUT2D eigenvalue weighted by Crippen LogP contribution is 2.10. The minimum absolute atomic E-state index is 0.117. The largest absolute Gasteiger partial charge is 0.477 e. The van der Waals surface area contributed by atoms with Crippen LogP contribution in [0.4, 0.5) is 0 Å². The summed E-state index contributed by atoms with van der Waals surface area (Å²) in [6, 6.07) is 1.04. The quantitative estimate of drug-likeness (QED) is 0.500. The number of carbonyl (C=O) groups is 1. The minimum Gasteiger partial charge on any atom is -0.477 e. The fourth-order valence-electron chi connectivity index (χ4n) is 0.994. The van der Waals surface area contributed by atoms with Gasteiger partial charge < -0.3 is 10.1 Å². The van der Waals surface area contributed by atoms with E-state index < -0.39 is 16.0 Å². The lowest BCUT2D eigenvalue weighted by Crippen LogP contribution is -2.24. The second-order valence-corrected chi connectivity index (χ2v) is 4.67. The summed E-state index contributed by atoms with van der Waals surface area (Å²) in [6.45, 7) is 0.117. The number of aromatic nitrogens is 1. The molecule has 1 aromatic heterocycles. The monoisotopic (exact) mass is 242 g/mol. The molecule has 0 aliphatic rings. The zero-order valence-corrected chi connectivity index (χ0v) is 9.04. The predicted octanol–water partition coefficient (Wildman–Crippen LogP) is 0.0145. The van der Waals surface area contributed by atoms with Gasteiger partial charge in [-0.3, -0.25) is 0 Å². The molecule has 1 heterocycles. The lowest BCUT2D eigenvalue weighted by Gasteiger charge is -2.01. The fourth-order valence-corrected chi connectivity index (χ4v) is 2.02. The van der Waals surface area contributed by atoms with E-state index in [-0.39, 0.29) is 23.6 Å². The van der Waals surface area contributed by atoms with Gasteiger partial charge in [0.15, 0.2) is 0 Å². The van der Waals surface area contributed by atoms with Crippen LogP contribution in [0.3, 0.4) is 0 Å². The van der Waals surface area contributed by atoms with Crippen molar-refractivity contribution >= 4 is 16.0 Å². The standard InChI is InChI=1S/C9H10N2O4S/c1-2-3-4-11-16(14,15)7-5-8(9(12)13)10-6-7/h1,5-6,10-11H,3-4H2,(H,12,13). The highest BCUT2D eigenvalue weighted by atomic mass is 32.2. The maximum atomic E-state index is 11.6. The van der Waals surface area contributed by atoms with Gasteiger partial charge in [-0.05, 0) is 6.07 Å². The van der Waals surface area contributed by atoms with Crippen molar-refractivity contribution in [3.8, 4) is 12.3 Å². The van der Waals surface area contributed by atoms with E-state index in [1.165, 1.54) is 0 Å². The third-order valence-corrected chi connectivity index (χ3v) is 3.20. The molecule has 0 spiro atoms. The molecule has 0 aliphatic carbocycles. The van der Waals surface area contributed by atoms with Gasteiger partial charge >= 0.3 is 5.97 Å². The highest BCUT2D eigenvalue weighted by Gasteiger charge is 2.17. The highest BCUT2D eigenvalue weighted by molar-refractivity contribution is 7.89. The number of hydrogen-bond acceptors (Lipinski definition) is 3. The number of sulfonamides is 1. The van der Waals surface area contributed by atoms with Gasteiger partial charge in [-0.1, -0.05) is 0 Å². The molecule has 1 aromatic rings. The van der Waals surface area contributed by atoms with Crippen LogP contribution in [0.1, 0.15) is 16.9 Å². The van der Waals surface area contributed by atoms with Gasteiger partial charge in [-0.25, -0.2) is 17.9 Å². The maximum Gasteiger partial charge on any atom is 0.352 e. The van der Waals surface area contributed by atoms with Crippen molar-refractivity contribution in [2.45, 2.75) is 11.3 Å². The Labute approximate surface area is 92.7 Å². The first-order valence-corrected chi connectivity index (χ1v) is 5.80. The van der Waals surface area contributed by atoms with Crippen molar-refractivity contribution in [1.29, 1.82) is 0 Å². The maximum absolute atomic E-state index is 11.6. The van der Waals surface area contributed by atoms with E-state index in [1.807, 2.05) is 0 Å². The summed E-state index contributed by atoms with van der Waals surface area (Å²) < 4.78 is 25.3. The van der Waals surface area contributed by atoms with Gasteiger partial charge in [0.25, 0.3) is 0 Å². The minimum atomic E-state index is -3.69. The number of terminal acetylenes is 1. The van der Waals surface area contributed by atoms with Gasteiger partial charge in [0, 0.05) is 19.2 Å². The average Bonchev–Trinajstić information content (AvgIpc) is 2.67. The normalized spacial score (nSPS) is 10.9. The van der Waals surface area contributed by atoms with E-state index in [4.69, 9.17) is 11.5 Å². The lowest BCUT2D eigenvalue weighted by atomic mass is 10.4. The second-order valence-electron chi connectivity index (χ2n) is 2.91. The molecule has 0 unspecified atom stereocenters. The van der Waals surface area contributed by atoms with Crippen LogP contribution in [-0.2, 0) is 10.0 Å². The van der Waals surface area contributed by atoms with Gasteiger partial charge in [-0.2, -0.15) is 0 Å². The molecule has 0 radical (unpaired) electrons. The Morgan fingerprint density at radius 3 is 2.81 bits per heavy atom. The number of rotatable bonds is 5. The summed E-state index contributed by atoms with van der Waals surface area (Å²) in [5.41, 5.74) is -0.183. The molecule has 0 bridgehead atoms. The first-order valence-electron chi connectivity index (χ1n) is 4.32. The van der Waals surface area contributed by atoms with Crippen LogP contribution in [0.15, 0.2) is 17.2 Å². The van der Waals surface area contributed by atoms with Crippen LogP contribution >= 0.6 is 0 Å².